The van der Waals surface area contributed by atoms with E-state index in [9.17, 15) is 0 Å². The maximum Gasteiger partial charge on any atom is 0.216 e. The van der Waals surface area contributed by atoms with Crippen molar-refractivity contribution in [1.82, 2.24) is 15.0 Å². The van der Waals surface area contributed by atoms with Crippen molar-refractivity contribution in [1.29, 1.82) is 0 Å². The molecule has 4 heterocycles. The summed E-state index contributed by atoms with van der Waals surface area (Å²) >= 11 is 0. The fourth-order valence-corrected chi connectivity index (χ4v) is 4.54. The summed E-state index contributed by atoms with van der Waals surface area (Å²) in [5, 5.41) is 2.08. The Labute approximate surface area is 243 Å². The van der Waals surface area contributed by atoms with E-state index in [4.69, 9.17) is 4.42 Å². The summed E-state index contributed by atoms with van der Waals surface area (Å²) in [7, 11) is 0. The topological polar surface area (TPSA) is 51.8 Å². The van der Waals surface area contributed by atoms with Crippen LogP contribution in [0, 0.1) is 39.8 Å². The van der Waals surface area contributed by atoms with Gasteiger partial charge in [-0.15, -0.1) is 54.1 Å². The summed E-state index contributed by atoms with van der Waals surface area (Å²) in [5.74, 6) is 0.463. The molecule has 0 amide bonds. The number of fused-ring (bicyclic) bond motifs is 3. The summed E-state index contributed by atoms with van der Waals surface area (Å²) in [4.78, 5) is 13.5. The van der Waals surface area contributed by atoms with Crippen molar-refractivity contribution in [2.45, 2.75) is 47.5 Å². The third-order valence-electron chi connectivity index (χ3n) is 6.82. The Kier molecular flexibility index (Phi) is 8.74. The van der Waals surface area contributed by atoms with E-state index in [-0.39, 0.29) is 20.1 Å². The van der Waals surface area contributed by atoms with Crippen molar-refractivity contribution >= 4 is 22.1 Å². The molecule has 0 N–H and O–H groups in total. The Hall–Kier alpha value is -3.66. The van der Waals surface area contributed by atoms with Gasteiger partial charge >= 0.3 is 0 Å². The summed E-state index contributed by atoms with van der Waals surface area (Å²) in [5.41, 5.74) is 11.2. The third-order valence-corrected chi connectivity index (χ3v) is 6.82. The van der Waals surface area contributed by atoms with Crippen LogP contribution >= 0.6 is 0 Å². The van der Waals surface area contributed by atoms with Gasteiger partial charge in [0, 0.05) is 43.6 Å². The minimum absolute atomic E-state index is 0. The molecular weight excluding hydrogens is 659 g/mol. The average Bonchev–Trinajstić information content (AvgIpc) is 3.28. The molecule has 0 spiro atoms. The van der Waals surface area contributed by atoms with Gasteiger partial charge in [0.25, 0.3) is 0 Å². The second-order valence-corrected chi connectivity index (χ2v) is 10.0. The van der Waals surface area contributed by atoms with Crippen LogP contribution in [0.5, 0.6) is 0 Å². The molecule has 0 aliphatic carbocycles. The van der Waals surface area contributed by atoms with Crippen molar-refractivity contribution in [2.75, 3.05) is 0 Å². The number of aromatic nitrogens is 3. The van der Waals surface area contributed by atoms with Gasteiger partial charge in [-0.05, 0) is 68.3 Å². The van der Waals surface area contributed by atoms with Crippen molar-refractivity contribution in [3.05, 3.63) is 113 Å². The van der Waals surface area contributed by atoms with Crippen molar-refractivity contribution < 1.29 is 24.5 Å². The first kappa shape index (κ1) is 28.4. The van der Waals surface area contributed by atoms with E-state index < -0.39 is 0 Å². The van der Waals surface area contributed by atoms with E-state index in [1.54, 1.807) is 0 Å². The first-order valence-corrected chi connectivity index (χ1v) is 12.9. The standard InChI is InChI=1S/C21H19N2O.C13H12N.Ir/c1-12(2)18-11-22-19(10-13(18)3)17-7-5-6-15-16-9-8-14(4)23-21(16)24-20(15)17;1-10-8-13(14-9-11(10)2)12-6-4-3-5-7-12;/h5-6,8-12H,1-4H3;3-6,8-9H,1-2H3;/q2*-1;. The van der Waals surface area contributed by atoms with Crippen LogP contribution in [0.3, 0.4) is 0 Å². The van der Waals surface area contributed by atoms with Gasteiger partial charge in [-0.2, -0.15) is 0 Å². The van der Waals surface area contributed by atoms with Crippen LogP contribution < -0.4 is 0 Å². The maximum absolute atomic E-state index is 6.05. The number of nitrogens with zero attached hydrogens (tertiary/aromatic N) is 3. The Morgan fingerprint density at radius 2 is 1.51 bits per heavy atom. The molecule has 0 aliphatic rings. The molecule has 0 aliphatic heterocycles. The fourth-order valence-electron chi connectivity index (χ4n) is 4.54. The zero-order valence-electron chi connectivity index (χ0n) is 23.1. The van der Waals surface area contributed by atoms with Gasteiger partial charge in [0.05, 0.1) is 5.58 Å². The van der Waals surface area contributed by atoms with Crippen molar-refractivity contribution in [2.24, 2.45) is 0 Å². The zero-order chi connectivity index (χ0) is 26.8. The molecule has 1 radical (unpaired) electrons. The van der Waals surface area contributed by atoms with Gasteiger partial charge in [0.15, 0.2) is 0 Å². The van der Waals surface area contributed by atoms with E-state index in [1.807, 2.05) is 61.8 Å². The number of aryl methyl sites for hydroxylation is 4. The average molecular weight is 690 g/mol. The molecule has 0 atom stereocenters. The Morgan fingerprint density at radius 3 is 2.21 bits per heavy atom. The van der Waals surface area contributed by atoms with E-state index >= 15 is 0 Å². The molecular formula is C34H31IrN3O-2. The number of hydrogen-bond donors (Lipinski definition) is 0. The van der Waals surface area contributed by atoms with E-state index in [0.29, 0.717) is 11.6 Å². The largest absolute Gasteiger partial charge is 0.486 e. The Morgan fingerprint density at radius 1 is 0.744 bits per heavy atom. The van der Waals surface area contributed by atoms with Gasteiger partial charge in [-0.25, -0.2) is 4.98 Å². The first-order valence-electron chi connectivity index (χ1n) is 12.9. The summed E-state index contributed by atoms with van der Waals surface area (Å²) in [6.45, 7) is 12.6. The smallest absolute Gasteiger partial charge is 0.216 e. The third kappa shape index (κ3) is 6.00. The van der Waals surface area contributed by atoms with Crippen LogP contribution in [0.2, 0.25) is 0 Å². The molecule has 0 fully saturated rings. The number of hydrogen-bond acceptors (Lipinski definition) is 4. The Balaban J connectivity index is 0.000000202. The summed E-state index contributed by atoms with van der Waals surface area (Å²) in [6, 6.07) is 26.6. The predicted octanol–water partition coefficient (Wildman–Crippen LogP) is 8.75. The van der Waals surface area contributed by atoms with Crippen LogP contribution in [0.4, 0.5) is 0 Å². The molecule has 0 unspecified atom stereocenters. The second kappa shape index (κ2) is 12.0. The molecule has 4 nitrogen and oxygen atoms in total. The number of pyridine rings is 3. The van der Waals surface area contributed by atoms with Crippen LogP contribution in [0.15, 0.2) is 77.5 Å². The SMILES string of the molecule is Cc1ccc2c(n1)oc1c(-c3cc(C)c(C(C)C)cn3)[c-]ccc12.Cc1cnc(-c2[c-]cccc2)cc1C.[Ir]. The van der Waals surface area contributed by atoms with Crippen molar-refractivity contribution in [3.8, 4) is 22.5 Å². The molecule has 0 saturated carbocycles. The van der Waals surface area contributed by atoms with Gasteiger partial charge < -0.3 is 14.4 Å². The van der Waals surface area contributed by atoms with Crippen LogP contribution in [-0.2, 0) is 20.1 Å². The van der Waals surface area contributed by atoms with E-state index in [0.717, 1.165) is 44.6 Å². The van der Waals surface area contributed by atoms with Crippen molar-refractivity contribution in [3.63, 3.8) is 0 Å². The monoisotopic (exact) mass is 690 g/mol. The minimum Gasteiger partial charge on any atom is -0.486 e. The quantitative estimate of drug-likeness (QED) is 0.175. The minimum atomic E-state index is 0. The number of rotatable bonds is 3. The van der Waals surface area contributed by atoms with Crippen LogP contribution in [-0.4, -0.2) is 15.0 Å². The second-order valence-electron chi connectivity index (χ2n) is 10.0. The molecule has 0 bridgehead atoms. The van der Waals surface area contributed by atoms with Gasteiger partial charge in [0.2, 0.25) is 5.71 Å². The molecule has 5 heteroatoms. The molecule has 199 valence electrons. The maximum atomic E-state index is 6.05. The number of benzene rings is 2. The number of furan rings is 1. The molecule has 6 aromatic rings. The predicted molar refractivity (Wildman–Crippen MR) is 155 cm³/mol. The molecule has 4 aromatic heterocycles. The van der Waals surface area contributed by atoms with Crippen LogP contribution in [0.1, 0.15) is 47.7 Å². The molecule has 39 heavy (non-hydrogen) atoms. The first-order chi connectivity index (χ1) is 18.3. The zero-order valence-corrected chi connectivity index (χ0v) is 25.5. The van der Waals surface area contributed by atoms with E-state index in [1.165, 1.54) is 22.3 Å². The Bertz CT molecular complexity index is 1740. The summed E-state index contributed by atoms with van der Waals surface area (Å²) in [6.07, 6.45) is 3.87. The fraction of sp³-hybridized carbons (Fsp3) is 0.206. The van der Waals surface area contributed by atoms with Gasteiger partial charge in [-0.3, -0.25) is 0 Å². The molecule has 2 aromatic carbocycles. The summed E-state index contributed by atoms with van der Waals surface area (Å²) < 4.78 is 6.05. The molecule has 0 saturated heterocycles. The normalized spacial score (nSPS) is 10.8. The van der Waals surface area contributed by atoms with E-state index in [2.05, 4.69) is 79.9 Å². The molecule has 6 rings (SSSR count). The van der Waals surface area contributed by atoms with Gasteiger partial charge in [-0.1, -0.05) is 48.1 Å². The van der Waals surface area contributed by atoms with Crippen LogP contribution in [0.25, 0.3) is 44.6 Å². The van der Waals surface area contributed by atoms with Gasteiger partial charge in [0.1, 0.15) is 0 Å².